The van der Waals surface area contributed by atoms with Gasteiger partial charge in [0, 0.05) is 12.6 Å². The zero-order chi connectivity index (χ0) is 12.5. The molecule has 0 saturated carbocycles. The molecule has 3 unspecified atom stereocenters. The fourth-order valence-corrected chi connectivity index (χ4v) is 2.90. The third-order valence-corrected chi connectivity index (χ3v) is 4.15. The van der Waals surface area contributed by atoms with Crippen LogP contribution in [0.5, 0.6) is 0 Å². The Bertz CT molecular complexity index is 350. The number of piperidine rings is 1. The van der Waals surface area contributed by atoms with Crippen molar-refractivity contribution >= 4 is 0 Å². The summed E-state index contributed by atoms with van der Waals surface area (Å²) in [6.45, 7) is 10.5. The van der Waals surface area contributed by atoms with Crippen LogP contribution in [-0.2, 0) is 0 Å². The molecule has 1 saturated heterocycles. The summed E-state index contributed by atoms with van der Waals surface area (Å²) in [6, 6.07) is 11.6. The Morgan fingerprint density at radius 2 is 1.76 bits per heavy atom. The molecule has 0 amide bonds. The van der Waals surface area contributed by atoms with Crippen molar-refractivity contribution in [2.24, 2.45) is 11.3 Å². The predicted molar refractivity (Wildman–Crippen MR) is 74.2 cm³/mol. The van der Waals surface area contributed by atoms with Crippen molar-refractivity contribution in [3.8, 4) is 0 Å². The maximum absolute atomic E-state index is 3.74. The molecule has 1 aliphatic rings. The molecule has 0 aromatic heterocycles. The first-order valence-electron chi connectivity index (χ1n) is 6.77. The molecule has 2 rings (SSSR count). The van der Waals surface area contributed by atoms with Gasteiger partial charge in [0.05, 0.1) is 0 Å². The molecule has 0 radical (unpaired) electrons. The largest absolute Gasteiger partial charge is 0.313 e. The zero-order valence-electron chi connectivity index (χ0n) is 11.5. The highest BCUT2D eigenvalue weighted by molar-refractivity contribution is 5.21. The minimum Gasteiger partial charge on any atom is -0.313 e. The highest BCUT2D eigenvalue weighted by Crippen LogP contribution is 2.35. The lowest BCUT2D eigenvalue weighted by atomic mass is 9.73. The summed E-state index contributed by atoms with van der Waals surface area (Å²) in [5.41, 5.74) is 1.86. The van der Waals surface area contributed by atoms with E-state index in [9.17, 15) is 0 Å². The van der Waals surface area contributed by atoms with Crippen LogP contribution in [0.15, 0.2) is 30.3 Å². The lowest BCUT2D eigenvalue weighted by Crippen LogP contribution is -2.48. The molecule has 1 heterocycles. The van der Waals surface area contributed by atoms with Crippen molar-refractivity contribution in [1.82, 2.24) is 5.32 Å². The van der Waals surface area contributed by atoms with Gasteiger partial charge in [0.2, 0.25) is 0 Å². The molecule has 1 aromatic carbocycles. The van der Waals surface area contributed by atoms with Crippen LogP contribution in [0.1, 0.15) is 45.6 Å². The maximum Gasteiger partial charge on any atom is 0.0119 e. The Hall–Kier alpha value is -0.820. The second-order valence-corrected chi connectivity index (χ2v) is 6.56. The normalized spacial score (nSPS) is 30.2. The number of hydrogen-bond donors (Lipinski definition) is 1. The van der Waals surface area contributed by atoms with Crippen molar-refractivity contribution in [2.45, 2.75) is 46.1 Å². The number of benzene rings is 1. The van der Waals surface area contributed by atoms with Crippen LogP contribution in [-0.4, -0.2) is 12.6 Å². The molecular weight excluding hydrogens is 206 g/mol. The van der Waals surface area contributed by atoms with E-state index in [1.54, 1.807) is 0 Å². The van der Waals surface area contributed by atoms with Crippen LogP contribution in [0, 0.1) is 11.3 Å². The Morgan fingerprint density at radius 1 is 1.12 bits per heavy atom. The van der Waals surface area contributed by atoms with E-state index in [-0.39, 0.29) is 0 Å². The maximum atomic E-state index is 3.74. The SMILES string of the molecule is CC1CC(C(C)(C)C)NCC1c1ccccc1. The Morgan fingerprint density at radius 3 is 2.29 bits per heavy atom. The Labute approximate surface area is 106 Å². The summed E-state index contributed by atoms with van der Waals surface area (Å²) >= 11 is 0. The quantitative estimate of drug-likeness (QED) is 0.775. The van der Waals surface area contributed by atoms with E-state index in [1.807, 2.05) is 0 Å². The molecule has 1 aromatic rings. The highest BCUT2D eigenvalue weighted by atomic mass is 14.9. The van der Waals surface area contributed by atoms with Crippen molar-refractivity contribution in [2.75, 3.05) is 6.54 Å². The van der Waals surface area contributed by atoms with Gasteiger partial charge in [0.1, 0.15) is 0 Å². The van der Waals surface area contributed by atoms with Crippen LogP contribution in [0.2, 0.25) is 0 Å². The number of rotatable bonds is 1. The smallest absolute Gasteiger partial charge is 0.0119 e. The highest BCUT2D eigenvalue weighted by Gasteiger charge is 2.33. The topological polar surface area (TPSA) is 12.0 Å². The molecule has 1 nitrogen and oxygen atoms in total. The first-order valence-corrected chi connectivity index (χ1v) is 6.77. The van der Waals surface area contributed by atoms with E-state index in [2.05, 4.69) is 63.3 Å². The van der Waals surface area contributed by atoms with Gasteiger partial charge in [-0.3, -0.25) is 0 Å². The van der Waals surface area contributed by atoms with Crippen LogP contribution in [0.3, 0.4) is 0 Å². The summed E-state index contributed by atoms with van der Waals surface area (Å²) in [5.74, 6) is 1.44. The molecule has 17 heavy (non-hydrogen) atoms. The predicted octanol–water partition coefficient (Wildman–Crippen LogP) is 3.81. The summed E-state index contributed by atoms with van der Waals surface area (Å²) in [6.07, 6.45) is 1.28. The molecular formula is C16H25N. The van der Waals surface area contributed by atoms with Crippen LogP contribution >= 0.6 is 0 Å². The van der Waals surface area contributed by atoms with Gasteiger partial charge >= 0.3 is 0 Å². The molecule has 1 N–H and O–H groups in total. The number of nitrogens with one attached hydrogen (secondary N) is 1. The summed E-state index contributed by atoms with van der Waals surface area (Å²) in [5, 5.41) is 3.74. The summed E-state index contributed by atoms with van der Waals surface area (Å²) in [7, 11) is 0. The monoisotopic (exact) mass is 231 g/mol. The molecule has 94 valence electrons. The van der Waals surface area contributed by atoms with Crippen LogP contribution in [0.25, 0.3) is 0 Å². The molecule has 0 bridgehead atoms. The summed E-state index contributed by atoms with van der Waals surface area (Å²) < 4.78 is 0. The van der Waals surface area contributed by atoms with Crippen molar-refractivity contribution in [3.63, 3.8) is 0 Å². The fourth-order valence-electron chi connectivity index (χ4n) is 2.90. The molecule has 1 heteroatoms. The second kappa shape index (κ2) is 4.81. The third-order valence-electron chi connectivity index (χ3n) is 4.15. The molecule has 0 spiro atoms. The van der Waals surface area contributed by atoms with E-state index in [0.717, 1.165) is 12.5 Å². The van der Waals surface area contributed by atoms with Gasteiger partial charge in [-0.2, -0.15) is 0 Å². The first-order chi connectivity index (χ1) is 7.98. The van der Waals surface area contributed by atoms with Crippen molar-refractivity contribution < 1.29 is 0 Å². The minimum absolute atomic E-state index is 0.371. The van der Waals surface area contributed by atoms with Crippen molar-refractivity contribution in [1.29, 1.82) is 0 Å². The molecule has 0 aliphatic carbocycles. The van der Waals surface area contributed by atoms with E-state index in [1.165, 1.54) is 12.0 Å². The van der Waals surface area contributed by atoms with Crippen LogP contribution < -0.4 is 5.32 Å². The molecule has 1 fully saturated rings. The second-order valence-electron chi connectivity index (χ2n) is 6.56. The minimum atomic E-state index is 0.371. The lowest BCUT2D eigenvalue weighted by molar-refractivity contribution is 0.175. The Kier molecular flexibility index (Phi) is 3.58. The van der Waals surface area contributed by atoms with Gasteiger partial charge in [-0.05, 0) is 29.2 Å². The van der Waals surface area contributed by atoms with E-state index < -0.39 is 0 Å². The average Bonchev–Trinajstić information content (AvgIpc) is 2.29. The Balaban J connectivity index is 2.07. The van der Waals surface area contributed by atoms with Gasteiger partial charge in [-0.15, -0.1) is 0 Å². The standard InChI is InChI=1S/C16H25N/c1-12-10-15(16(2,3)4)17-11-14(12)13-8-6-5-7-9-13/h5-9,12,14-15,17H,10-11H2,1-4H3. The van der Waals surface area contributed by atoms with E-state index in [4.69, 9.17) is 0 Å². The van der Waals surface area contributed by atoms with Gasteiger partial charge in [-0.25, -0.2) is 0 Å². The lowest BCUT2D eigenvalue weighted by Gasteiger charge is -2.41. The zero-order valence-corrected chi connectivity index (χ0v) is 11.5. The molecule has 1 aliphatic heterocycles. The van der Waals surface area contributed by atoms with Gasteiger partial charge in [-0.1, -0.05) is 58.0 Å². The number of hydrogen-bond acceptors (Lipinski definition) is 1. The van der Waals surface area contributed by atoms with E-state index in [0.29, 0.717) is 17.4 Å². The van der Waals surface area contributed by atoms with Crippen molar-refractivity contribution in [3.05, 3.63) is 35.9 Å². The van der Waals surface area contributed by atoms with Gasteiger partial charge in [0.15, 0.2) is 0 Å². The first kappa shape index (κ1) is 12.6. The van der Waals surface area contributed by atoms with E-state index >= 15 is 0 Å². The average molecular weight is 231 g/mol. The third kappa shape index (κ3) is 2.90. The fraction of sp³-hybridized carbons (Fsp3) is 0.625. The van der Waals surface area contributed by atoms with Gasteiger partial charge in [0.25, 0.3) is 0 Å². The van der Waals surface area contributed by atoms with Gasteiger partial charge < -0.3 is 5.32 Å². The summed E-state index contributed by atoms with van der Waals surface area (Å²) in [4.78, 5) is 0. The molecule has 3 atom stereocenters. The van der Waals surface area contributed by atoms with Crippen LogP contribution in [0.4, 0.5) is 0 Å².